The first kappa shape index (κ1) is 17.2. The van der Waals surface area contributed by atoms with Crippen LogP contribution < -0.4 is 21.1 Å². The van der Waals surface area contributed by atoms with Gasteiger partial charge in [-0.2, -0.15) is 5.26 Å². The minimum absolute atomic E-state index is 0.103. The fourth-order valence-electron chi connectivity index (χ4n) is 1.86. The van der Waals surface area contributed by atoms with Crippen molar-refractivity contribution in [1.29, 1.82) is 5.26 Å². The number of carbonyl (C=O) groups is 1. The number of nitrogens with one attached hydrogen (secondary N) is 2. The molecule has 0 aliphatic heterocycles. The van der Waals surface area contributed by atoms with Gasteiger partial charge < -0.3 is 21.1 Å². The molecular weight excluding hydrogens is 328 g/mol. The number of nitrogens with two attached hydrogens (primary N) is 1. The molecule has 0 radical (unpaired) electrons. The van der Waals surface area contributed by atoms with Crippen LogP contribution in [0.5, 0.6) is 5.75 Å². The van der Waals surface area contributed by atoms with E-state index in [2.05, 4.69) is 10.6 Å². The summed E-state index contributed by atoms with van der Waals surface area (Å²) >= 11 is 5.93. The molecule has 0 aliphatic carbocycles. The SMILES string of the molecule is COc1ccc(Cl)cc1N/C=C(/C#N)C(=O)Nc1ccc(N)cc1. The lowest BCUT2D eigenvalue weighted by Gasteiger charge is -2.09. The Hall–Kier alpha value is -3.17. The number of nitrogens with zero attached hydrogens (tertiary/aromatic N) is 1. The molecular formula is C17H15ClN4O2. The molecule has 0 heterocycles. The van der Waals surface area contributed by atoms with Gasteiger partial charge in [0.1, 0.15) is 17.4 Å². The molecule has 0 bridgehead atoms. The number of rotatable bonds is 5. The Morgan fingerprint density at radius 2 is 2.00 bits per heavy atom. The molecule has 24 heavy (non-hydrogen) atoms. The van der Waals surface area contributed by atoms with Crippen LogP contribution >= 0.6 is 11.6 Å². The zero-order valence-electron chi connectivity index (χ0n) is 12.8. The topological polar surface area (TPSA) is 100 Å². The van der Waals surface area contributed by atoms with Gasteiger partial charge in [0.05, 0.1) is 12.8 Å². The Morgan fingerprint density at radius 3 is 2.62 bits per heavy atom. The van der Waals surface area contributed by atoms with E-state index < -0.39 is 5.91 Å². The maximum absolute atomic E-state index is 12.1. The van der Waals surface area contributed by atoms with Gasteiger partial charge in [-0.05, 0) is 42.5 Å². The highest BCUT2D eigenvalue weighted by atomic mass is 35.5. The van der Waals surface area contributed by atoms with Crippen LogP contribution in [0, 0.1) is 11.3 Å². The molecule has 0 saturated carbocycles. The van der Waals surface area contributed by atoms with Gasteiger partial charge in [-0.25, -0.2) is 0 Å². The Balaban J connectivity index is 2.14. The fraction of sp³-hybridized carbons (Fsp3) is 0.0588. The zero-order valence-corrected chi connectivity index (χ0v) is 13.6. The third kappa shape index (κ3) is 4.41. The first-order valence-electron chi connectivity index (χ1n) is 6.90. The number of nitrogen functional groups attached to an aromatic ring is 1. The lowest BCUT2D eigenvalue weighted by molar-refractivity contribution is -0.112. The van der Waals surface area contributed by atoms with Gasteiger partial charge in [0, 0.05) is 22.6 Å². The van der Waals surface area contributed by atoms with Gasteiger partial charge >= 0.3 is 0 Å². The molecule has 7 heteroatoms. The molecule has 6 nitrogen and oxygen atoms in total. The predicted octanol–water partition coefficient (Wildman–Crippen LogP) is 3.39. The van der Waals surface area contributed by atoms with E-state index in [1.165, 1.54) is 13.3 Å². The number of anilines is 3. The summed E-state index contributed by atoms with van der Waals surface area (Å²) in [7, 11) is 1.51. The van der Waals surface area contributed by atoms with Crippen molar-refractivity contribution in [3.8, 4) is 11.8 Å². The van der Waals surface area contributed by atoms with Gasteiger partial charge in [-0.3, -0.25) is 4.79 Å². The summed E-state index contributed by atoms with van der Waals surface area (Å²) in [5.41, 5.74) is 7.14. The maximum Gasteiger partial charge on any atom is 0.267 e. The minimum atomic E-state index is -0.546. The zero-order chi connectivity index (χ0) is 17.5. The quantitative estimate of drug-likeness (QED) is 0.439. The summed E-state index contributed by atoms with van der Waals surface area (Å²) < 4.78 is 5.19. The Bertz CT molecular complexity index is 810. The molecule has 0 fully saturated rings. The molecule has 0 spiro atoms. The number of ether oxygens (including phenoxy) is 1. The van der Waals surface area contributed by atoms with E-state index in [0.717, 1.165) is 0 Å². The lowest BCUT2D eigenvalue weighted by Crippen LogP contribution is -2.14. The molecule has 4 N–H and O–H groups in total. The van der Waals surface area contributed by atoms with E-state index in [4.69, 9.17) is 22.1 Å². The van der Waals surface area contributed by atoms with E-state index in [-0.39, 0.29) is 5.57 Å². The van der Waals surface area contributed by atoms with Crippen LogP contribution in [0.1, 0.15) is 0 Å². The van der Waals surface area contributed by atoms with E-state index in [1.54, 1.807) is 42.5 Å². The van der Waals surface area contributed by atoms with Crippen molar-refractivity contribution in [2.75, 3.05) is 23.5 Å². The number of nitriles is 1. The van der Waals surface area contributed by atoms with Crippen molar-refractivity contribution in [1.82, 2.24) is 0 Å². The van der Waals surface area contributed by atoms with Crippen LogP contribution in [0.2, 0.25) is 5.02 Å². The van der Waals surface area contributed by atoms with Crippen molar-refractivity contribution in [2.45, 2.75) is 0 Å². The molecule has 0 aliphatic rings. The second-order valence-corrected chi connectivity index (χ2v) is 5.17. The standard InChI is InChI=1S/C17H15ClN4O2/c1-24-16-7-2-12(18)8-15(16)21-10-11(9-19)17(23)22-14-5-3-13(20)4-6-14/h2-8,10,21H,20H2,1H3,(H,22,23)/b11-10-. The highest BCUT2D eigenvalue weighted by Gasteiger charge is 2.10. The number of amides is 1. The highest BCUT2D eigenvalue weighted by Crippen LogP contribution is 2.27. The van der Waals surface area contributed by atoms with Crippen molar-refractivity contribution in [3.63, 3.8) is 0 Å². The summed E-state index contributed by atoms with van der Waals surface area (Å²) in [6, 6.07) is 13.4. The normalized spacial score (nSPS) is 10.6. The predicted molar refractivity (Wildman–Crippen MR) is 94.8 cm³/mol. The molecule has 0 atom stereocenters. The summed E-state index contributed by atoms with van der Waals surface area (Å²) in [5.74, 6) is -0.0114. The van der Waals surface area contributed by atoms with Crippen LogP contribution in [0.4, 0.5) is 17.1 Å². The molecule has 0 unspecified atom stereocenters. The third-order valence-corrected chi connectivity index (χ3v) is 3.30. The first-order chi connectivity index (χ1) is 11.5. The average Bonchev–Trinajstić information content (AvgIpc) is 2.57. The van der Waals surface area contributed by atoms with E-state index in [1.807, 2.05) is 6.07 Å². The first-order valence-corrected chi connectivity index (χ1v) is 7.28. The van der Waals surface area contributed by atoms with E-state index in [0.29, 0.717) is 27.8 Å². The third-order valence-electron chi connectivity index (χ3n) is 3.07. The molecule has 2 aromatic carbocycles. The van der Waals surface area contributed by atoms with Gasteiger partial charge in [0.2, 0.25) is 0 Å². The number of methoxy groups -OCH3 is 1. The van der Waals surface area contributed by atoms with Crippen molar-refractivity contribution in [2.24, 2.45) is 0 Å². The van der Waals surface area contributed by atoms with E-state index in [9.17, 15) is 10.1 Å². The maximum atomic E-state index is 12.1. The Kier molecular flexibility index (Phi) is 5.66. The number of carbonyl (C=O) groups excluding carboxylic acids is 1. The second-order valence-electron chi connectivity index (χ2n) is 4.73. The van der Waals surface area contributed by atoms with Crippen molar-refractivity contribution < 1.29 is 9.53 Å². The number of hydrogen-bond donors (Lipinski definition) is 3. The smallest absolute Gasteiger partial charge is 0.267 e. The molecule has 2 aromatic rings. The number of halogens is 1. The van der Waals surface area contributed by atoms with Crippen LogP contribution in [-0.4, -0.2) is 13.0 Å². The highest BCUT2D eigenvalue weighted by molar-refractivity contribution is 6.31. The average molecular weight is 343 g/mol. The monoisotopic (exact) mass is 342 g/mol. The van der Waals surface area contributed by atoms with Gasteiger partial charge in [-0.1, -0.05) is 11.6 Å². The summed E-state index contributed by atoms with van der Waals surface area (Å²) in [4.78, 5) is 12.1. The summed E-state index contributed by atoms with van der Waals surface area (Å²) in [6.45, 7) is 0. The van der Waals surface area contributed by atoms with Crippen LogP contribution in [-0.2, 0) is 4.79 Å². The summed E-state index contributed by atoms with van der Waals surface area (Å²) in [5, 5.41) is 15.1. The van der Waals surface area contributed by atoms with E-state index >= 15 is 0 Å². The van der Waals surface area contributed by atoms with Crippen molar-refractivity contribution in [3.05, 3.63) is 59.3 Å². The lowest BCUT2D eigenvalue weighted by atomic mass is 10.2. The molecule has 0 saturated heterocycles. The number of hydrogen-bond acceptors (Lipinski definition) is 5. The van der Waals surface area contributed by atoms with Gasteiger partial charge in [-0.15, -0.1) is 0 Å². The van der Waals surface area contributed by atoms with Crippen molar-refractivity contribution >= 4 is 34.6 Å². The number of benzene rings is 2. The Labute approximate surface area is 144 Å². The molecule has 2 rings (SSSR count). The fourth-order valence-corrected chi connectivity index (χ4v) is 2.03. The molecule has 0 aromatic heterocycles. The van der Waals surface area contributed by atoms with Crippen LogP contribution in [0.25, 0.3) is 0 Å². The minimum Gasteiger partial charge on any atom is -0.495 e. The van der Waals surface area contributed by atoms with Gasteiger partial charge in [0.25, 0.3) is 5.91 Å². The largest absolute Gasteiger partial charge is 0.495 e. The Morgan fingerprint density at radius 1 is 1.29 bits per heavy atom. The van der Waals surface area contributed by atoms with Gasteiger partial charge in [0.15, 0.2) is 0 Å². The van der Waals surface area contributed by atoms with Crippen LogP contribution in [0.3, 0.4) is 0 Å². The summed E-state index contributed by atoms with van der Waals surface area (Å²) in [6.07, 6.45) is 1.29. The molecule has 1 amide bonds. The van der Waals surface area contributed by atoms with Crippen LogP contribution in [0.15, 0.2) is 54.2 Å². The second kappa shape index (κ2) is 7.90. The molecule has 122 valence electrons.